The van der Waals surface area contributed by atoms with Crippen LogP contribution < -0.4 is 4.90 Å². The summed E-state index contributed by atoms with van der Waals surface area (Å²) in [4.78, 5) is 24.2. The number of hydrogen-bond donors (Lipinski definition) is 0. The van der Waals surface area contributed by atoms with Gasteiger partial charge in [0.25, 0.3) is 0 Å². The SMILES string of the molecule is CCC(Cl)C(=O)c1ccc2c(c1)CCCN2C(=O)C(F)(F)F. The van der Waals surface area contributed by atoms with Crippen molar-refractivity contribution in [2.45, 2.75) is 37.7 Å². The topological polar surface area (TPSA) is 37.4 Å². The summed E-state index contributed by atoms with van der Waals surface area (Å²) in [6.45, 7) is 1.80. The highest BCUT2D eigenvalue weighted by atomic mass is 35.5. The second-order valence-electron chi connectivity index (χ2n) is 5.14. The number of halogens is 4. The van der Waals surface area contributed by atoms with Gasteiger partial charge in [-0.2, -0.15) is 13.2 Å². The van der Waals surface area contributed by atoms with E-state index in [1.54, 1.807) is 13.0 Å². The normalized spacial score (nSPS) is 16.1. The van der Waals surface area contributed by atoms with Crippen LogP contribution in [-0.2, 0) is 11.2 Å². The van der Waals surface area contributed by atoms with Crippen LogP contribution in [0.3, 0.4) is 0 Å². The molecule has 7 heteroatoms. The van der Waals surface area contributed by atoms with Crippen LogP contribution in [0.4, 0.5) is 18.9 Å². The molecule has 0 bridgehead atoms. The second kappa shape index (κ2) is 6.28. The number of Topliss-reactive ketones (excluding diaryl/α,β-unsaturated/α-hetero) is 1. The van der Waals surface area contributed by atoms with E-state index in [-0.39, 0.29) is 18.0 Å². The number of alkyl halides is 4. The minimum absolute atomic E-state index is 0.0196. The summed E-state index contributed by atoms with van der Waals surface area (Å²) in [5.74, 6) is -2.14. The predicted octanol–water partition coefficient (Wildman–Crippen LogP) is 3.73. The lowest BCUT2D eigenvalue weighted by Crippen LogP contribution is -2.43. The highest BCUT2D eigenvalue weighted by Crippen LogP contribution is 2.32. The predicted molar refractivity (Wildman–Crippen MR) is 77.4 cm³/mol. The number of rotatable bonds is 3. The van der Waals surface area contributed by atoms with E-state index in [1.165, 1.54) is 12.1 Å². The molecular weight excluding hydrogens is 319 g/mol. The number of anilines is 1. The van der Waals surface area contributed by atoms with Gasteiger partial charge in [-0.1, -0.05) is 6.92 Å². The third-order valence-electron chi connectivity index (χ3n) is 3.61. The largest absolute Gasteiger partial charge is 0.471 e. The van der Waals surface area contributed by atoms with Crippen LogP contribution in [0, 0.1) is 0 Å². The molecule has 1 aliphatic heterocycles. The first-order chi connectivity index (χ1) is 10.3. The molecule has 1 aromatic rings. The quantitative estimate of drug-likeness (QED) is 0.624. The molecule has 0 saturated heterocycles. The fourth-order valence-corrected chi connectivity index (χ4v) is 2.61. The lowest BCUT2D eigenvalue weighted by molar-refractivity contribution is -0.170. The maximum atomic E-state index is 12.6. The molecule has 120 valence electrons. The number of carbonyl (C=O) groups excluding carboxylic acids is 2. The van der Waals surface area contributed by atoms with Gasteiger partial charge in [-0.05, 0) is 43.0 Å². The van der Waals surface area contributed by atoms with Gasteiger partial charge in [0.1, 0.15) is 0 Å². The number of benzene rings is 1. The fraction of sp³-hybridized carbons (Fsp3) is 0.467. The van der Waals surface area contributed by atoms with E-state index in [1.807, 2.05) is 0 Å². The minimum Gasteiger partial charge on any atom is -0.304 e. The molecule has 1 unspecified atom stereocenters. The molecule has 1 aromatic carbocycles. The Kier molecular flexibility index (Phi) is 4.80. The van der Waals surface area contributed by atoms with Crippen molar-refractivity contribution >= 4 is 29.0 Å². The first-order valence-corrected chi connectivity index (χ1v) is 7.39. The van der Waals surface area contributed by atoms with Gasteiger partial charge in [0.2, 0.25) is 0 Å². The van der Waals surface area contributed by atoms with Crippen LogP contribution in [0.1, 0.15) is 35.7 Å². The fourth-order valence-electron chi connectivity index (χ4n) is 2.48. The summed E-state index contributed by atoms with van der Waals surface area (Å²) in [5.41, 5.74) is 1.14. The van der Waals surface area contributed by atoms with Crippen LogP contribution in [0.25, 0.3) is 0 Å². The van der Waals surface area contributed by atoms with E-state index in [4.69, 9.17) is 11.6 Å². The number of fused-ring (bicyclic) bond motifs is 1. The average Bonchev–Trinajstić information content (AvgIpc) is 2.50. The smallest absolute Gasteiger partial charge is 0.304 e. The van der Waals surface area contributed by atoms with Crippen molar-refractivity contribution in [3.8, 4) is 0 Å². The van der Waals surface area contributed by atoms with Crippen molar-refractivity contribution in [1.82, 2.24) is 0 Å². The van der Waals surface area contributed by atoms with E-state index in [0.29, 0.717) is 30.4 Å². The molecule has 0 saturated carbocycles. The molecule has 0 N–H and O–H groups in total. The van der Waals surface area contributed by atoms with Crippen molar-refractivity contribution in [1.29, 1.82) is 0 Å². The lowest BCUT2D eigenvalue weighted by Gasteiger charge is -2.30. The average molecular weight is 334 g/mol. The van der Waals surface area contributed by atoms with E-state index in [0.717, 1.165) is 4.90 Å². The third-order valence-corrected chi connectivity index (χ3v) is 4.12. The van der Waals surface area contributed by atoms with Crippen molar-refractivity contribution in [2.24, 2.45) is 0 Å². The Hall–Kier alpha value is -1.56. The van der Waals surface area contributed by atoms with Gasteiger partial charge in [-0.3, -0.25) is 9.59 Å². The lowest BCUT2D eigenvalue weighted by atomic mass is 9.96. The summed E-state index contributed by atoms with van der Waals surface area (Å²) >= 11 is 5.91. The Balaban J connectivity index is 2.35. The van der Waals surface area contributed by atoms with Gasteiger partial charge in [0.05, 0.1) is 5.38 Å². The van der Waals surface area contributed by atoms with Gasteiger partial charge in [-0.25, -0.2) is 0 Å². The Bertz CT molecular complexity index is 601. The summed E-state index contributed by atoms with van der Waals surface area (Å²) in [5, 5.41) is -0.658. The van der Waals surface area contributed by atoms with Crippen LogP contribution in [0.5, 0.6) is 0 Å². The van der Waals surface area contributed by atoms with Gasteiger partial charge >= 0.3 is 12.1 Å². The summed E-state index contributed by atoms with van der Waals surface area (Å²) in [6.07, 6.45) is -3.50. The number of amides is 1. The standard InChI is InChI=1S/C15H15ClF3NO2/c1-2-11(16)13(21)10-5-6-12-9(8-10)4-3-7-20(12)14(22)15(17,18)19/h5-6,8,11H,2-4,7H2,1H3. The summed E-state index contributed by atoms with van der Waals surface area (Å²) in [7, 11) is 0. The van der Waals surface area contributed by atoms with E-state index < -0.39 is 17.5 Å². The number of ketones is 1. The Morgan fingerprint density at radius 1 is 1.36 bits per heavy atom. The minimum atomic E-state index is -4.91. The molecule has 1 amide bonds. The van der Waals surface area contributed by atoms with E-state index in [2.05, 4.69) is 0 Å². The Morgan fingerprint density at radius 2 is 2.05 bits per heavy atom. The van der Waals surface area contributed by atoms with Crippen molar-refractivity contribution < 1.29 is 22.8 Å². The van der Waals surface area contributed by atoms with Gasteiger partial charge in [0.15, 0.2) is 5.78 Å². The molecule has 22 heavy (non-hydrogen) atoms. The van der Waals surface area contributed by atoms with E-state index >= 15 is 0 Å². The van der Waals surface area contributed by atoms with Crippen molar-refractivity contribution in [2.75, 3.05) is 11.4 Å². The van der Waals surface area contributed by atoms with Gasteiger partial charge < -0.3 is 4.90 Å². The van der Waals surface area contributed by atoms with Crippen LogP contribution >= 0.6 is 11.6 Å². The summed E-state index contributed by atoms with van der Waals surface area (Å²) < 4.78 is 37.9. The number of hydrogen-bond acceptors (Lipinski definition) is 2. The maximum Gasteiger partial charge on any atom is 0.471 e. The number of nitrogens with zero attached hydrogens (tertiary/aromatic N) is 1. The Labute approximate surface area is 131 Å². The molecule has 0 aliphatic carbocycles. The molecule has 0 fully saturated rings. The molecule has 0 aromatic heterocycles. The van der Waals surface area contributed by atoms with Gasteiger partial charge in [-0.15, -0.1) is 11.6 Å². The highest BCUT2D eigenvalue weighted by molar-refractivity contribution is 6.33. The van der Waals surface area contributed by atoms with Gasteiger partial charge in [0, 0.05) is 17.8 Å². The third kappa shape index (κ3) is 3.27. The van der Waals surface area contributed by atoms with E-state index in [9.17, 15) is 22.8 Å². The Morgan fingerprint density at radius 3 is 2.64 bits per heavy atom. The number of aryl methyl sites for hydroxylation is 1. The summed E-state index contributed by atoms with van der Waals surface area (Å²) in [6, 6.07) is 4.36. The molecule has 2 rings (SSSR count). The zero-order chi connectivity index (χ0) is 16.5. The monoisotopic (exact) mass is 333 g/mol. The highest BCUT2D eigenvalue weighted by Gasteiger charge is 2.44. The van der Waals surface area contributed by atoms with Crippen molar-refractivity contribution in [3.63, 3.8) is 0 Å². The second-order valence-corrected chi connectivity index (χ2v) is 5.67. The molecule has 3 nitrogen and oxygen atoms in total. The van der Waals surface area contributed by atoms with Crippen LogP contribution in [0.2, 0.25) is 0 Å². The molecule has 1 aliphatic rings. The molecule has 1 atom stereocenters. The van der Waals surface area contributed by atoms with Crippen molar-refractivity contribution in [3.05, 3.63) is 29.3 Å². The van der Waals surface area contributed by atoms with Crippen LogP contribution in [-0.4, -0.2) is 29.8 Å². The number of carbonyl (C=O) groups is 2. The van der Waals surface area contributed by atoms with Crippen LogP contribution in [0.15, 0.2) is 18.2 Å². The molecule has 1 heterocycles. The zero-order valence-corrected chi connectivity index (χ0v) is 12.7. The first-order valence-electron chi connectivity index (χ1n) is 6.95. The maximum absolute atomic E-state index is 12.6. The zero-order valence-electron chi connectivity index (χ0n) is 11.9. The molecule has 0 spiro atoms. The molecular formula is C15H15ClF3NO2. The molecule has 0 radical (unpaired) electrons. The first kappa shape index (κ1) is 16.8.